The highest BCUT2D eigenvalue weighted by molar-refractivity contribution is 6.11. The van der Waals surface area contributed by atoms with Gasteiger partial charge in [0, 0.05) is 24.2 Å². The van der Waals surface area contributed by atoms with E-state index in [1.807, 2.05) is 30.3 Å². The van der Waals surface area contributed by atoms with Crippen molar-refractivity contribution in [2.45, 2.75) is 0 Å². The SMILES string of the molecule is c1ccc(/C(=N/Nc2ncnc3nc[nH]c23)c2cccnc2)nc1. The van der Waals surface area contributed by atoms with E-state index in [-0.39, 0.29) is 0 Å². The van der Waals surface area contributed by atoms with Gasteiger partial charge in [0.15, 0.2) is 11.5 Å². The monoisotopic (exact) mass is 316 g/mol. The number of pyridine rings is 2. The van der Waals surface area contributed by atoms with Crippen LogP contribution in [0.1, 0.15) is 11.3 Å². The largest absolute Gasteiger partial charge is 0.340 e. The van der Waals surface area contributed by atoms with Crippen molar-refractivity contribution in [3.05, 3.63) is 72.8 Å². The number of aromatic nitrogens is 6. The van der Waals surface area contributed by atoms with Crippen molar-refractivity contribution >= 4 is 22.7 Å². The van der Waals surface area contributed by atoms with E-state index >= 15 is 0 Å². The van der Waals surface area contributed by atoms with E-state index in [1.165, 1.54) is 6.33 Å². The summed E-state index contributed by atoms with van der Waals surface area (Å²) in [6.07, 6.45) is 8.17. The van der Waals surface area contributed by atoms with Gasteiger partial charge in [-0.1, -0.05) is 6.07 Å². The maximum absolute atomic E-state index is 4.49. The molecule has 0 aliphatic carbocycles. The molecule has 0 aliphatic heterocycles. The van der Waals surface area contributed by atoms with E-state index in [4.69, 9.17) is 0 Å². The lowest BCUT2D eigenvalue weighted by atomic mass is 10.1. The zero-order chi connectivity index (χ0) is 16.2. The molecule has 0 spiro atoms. The molecule has 24 heavy (non-hydrogen) atoms. The molecule has 0 radical (unpaired) electrons. The number of imidazole rings is 1. The number of nitrogens with one attached hydrogen (secondary N) is 2. The Kier molecular flexibility index (Phi) is 3.61. The summed E-state index contributed by atoms with van der Waals surface area (Å²) in [5.41, 5.74) is 6.47. The molecule has 0 fully saturated rings. The Bertz CT molecular complexity index is 937. The summed E-state index contributed by atoms with van der Waals surface area (Å²) >= 11 is 0. The van der Waals surface area contributed by atoms with E-state index < -0.39 is 0 Å². The van der Waals surface area contributed by atoms with Crippen LogP contribution in [0.4, 0.5) is 5.82 Å². The molecule has 0 unspecified atom stereocenters. The van der Waals surface area contributed by atoms with Crippen LogP contribution in [0.2, 0.25) is 0 Å². The van der Waals surface area contributed by atoms with Gasteiger partial charge >= 0.3 is 0 Å². The Hall–Kier alpha value is -3.68. The van der Waals surface area contributed by atoms with Crippen LogP contribution in [0.15, 0.2) is 66.7 Å². The first-order valence-electron chi connectivity index (χ1n) is 7.21. The molecule has 116 valence electrons. The average molecular weight is 316 g/mol. The van der Waals surface area contributed by atoms with E-state index in [2.05, 4.69) is 40.4 Å². The summed E-state index contributed by atoms with van der Waals surface area (Å²) in [5.74, 6) is 0.537. The molecule has 8 nitrogen and oxygen atoms in total. The van der Waals surface area contributed by atoms with Crippen molar-refractivity contribution < 1.29 is 0 Å². The maximum Gasteiger partial charge on any atom is 0.182 e. The van der Waals surface area contributed by atoms with Gasteiger partial charge in [0.1, 0.15) is 17.6 Å². The summed E-state index contributed by atoms with van der Waals surface area (Å²) in [6.45, 7) is 0. The van der Waals surface area contributed by atoms with Crippen LogP contribution in [-0.2, 0) is 0 Å². The Morgan fingerprint density at radius 1 is 1.00 bits per heavy atom. The van der Waals surface area contributed by atoms with Gasteiger partial charge in [0.25, 0.3) is 0 Å². The first kappa shape index (κ1) is 13.9. The Balaban J connectivity index is 1.76. The third-order valence-corrected chi connectivity index (χ3v) is 3.34. The van der Waals surface area contributed by atoms with Crippen LogP contribution in [-0.4, -0.2) is 35.6 Å². The zero-order valence-electron chi connectivity index (χ0n) is 12.5. The zero-order valence-corrected chi connectivity index (χ0v) is 12.5. The van der Waals surface area contributed by atoms with Gasteiger partial charge in [-0.25, -0.2) is 15.0 Å². The molecule has 0 amide bonds. The number of fused-ring (bicyclic) bond motifs is 1. The molecular formula is C16H12N8. The van der Waals surface area contributed by atoms with E-state index in [1.54, 1.807) is 24.9 Å². The topological polar surface area (TPSA) is 105 Å². The van der Waals surface area contributed by atoms with Crippen LogP contribution in [0.3, 0.4) is 0 Å². The second kappa shape index (κ2) is 6.21. The maximum atomic E-state index is 4.49. The summed E-state index contributed by atoms with van der Waals surface area (Å²) in [6, 6.07) is 9.43. The van der Waals surface area contributed by atoms with Crippen molar-refractivity contribution in [2.75, 3.05) is 5.43 Å². The highest BCUT2D eigenvalue weighted by Crippen LogP contribution is 2.15. The second-order valence-electron chi connectivity index (χ2n) is 4.85. The highest BCUT2D eigenvalue weighted by Gasteiger charge is 2.10. The van der Waals surface area contributed by atoms with Crippen molar-refractivity contribution in [3.8, 4) is 0 Å². The molecule has 4 rings (SSSR count). The van der Waals surface area contributed by atoms with Gasteiger partial charge in [0.2, 0.25) is 0 Å². The molecule has 4 aromatic heterocycles. The van der Waals surface area contributed by atoms with E-state index in [0.29, 0.717) is 22.7 Å². The summed E-state index contributed by atoms with van der Waals surface area (Å²) in [7, 11) is 0. The van der Waals surface area contributed by atoms with Gasteiger partial charge in [-0.3, -0.25) is 15.4 Å². The lowest BCUT2D eigenvalue weighted by Gasteiger charge is -2.07. The Morgan fingerprint density at radius 2 is 2.00 bits per heavy atom. The molecule has 0 saturated heterocycles. The van der Waals surface area contributed by atoms with Crippen LogP contribution in [0.25, 0.3) is 11.2 Å². The number of aromatic amines is 1. The predicted octanol–water partition coefficient (Wildman–Crippen LogP) is 2.01. The fourth-order valence-electron chi connectivity index (χ4n) is 2.23. The van der Waals surface area contributed by atoms with E-state index in [0.717, 1.165) is 11.3 Å². The van der Waals surface area contributed by atoms with Crippen molar-refractivity contribution in [1.29, 1.82) is 0 Å². The molecule has 0 saturated carbocycles. The lowest BCUT2D eigenvalue weighted by molar-refractivity contribution is 1.16. The minimum Gasteiger partial charge on any atom is -0.340 e. The van der Waals surface area contributed by atoms with Gasteiger partial charge in [-0.2, -0.15) is 5.10 Å². The standard InChI is InChI=1S/C16H12N8/c1-2-7-18-12(5-1)13(11-4-3-6-17-8-11)23-24-16-14-15(20-9-19-14)21-10-22-16/h1-10H,(H2,19,20,21,22,24)/b23-13+. The molecule has 8 heteroatoms. The van der Waals surface area contributed by atoms with Gasteiger partial charge in [-0.05, 0) is 24.3 Å². The van der Waals surface area contributed by atoms with Gasteiger partial charge in [-0.15, -0.1) is 0 Å². The number of H-pyrrole nitrogens is 1. The third-order valence-electron chi connectivity index (χ3n) is 3.34. The molecule has 0 aliphatic rings. The predicted molar refractivity (Wildman–Crippen MR) is 89.4 cm³/mol. The van der Waals surface area contributed by atoms with Gasteiger partial charge in [0.05, 0.1) is 12.0 Å². The van der Waals surface area contributed by atoms with Crippen molar-refractivity contribution in [3.63, 3.8) is 0 Å². The fraction of sp³-hybridized carbons (Fsp3) is 0. The molecule has 0 atom stereocenters. The molecule has 4 aromatic rings. The Labute approximate surface area is 136 Å². The summed E-state index contributed by atoms with van der Waals surface area (Å²) in [4.78, 5) is 23.9. The third kappa shape index (κ3) is 2.68. The highest BCUT2D eigenvalue weighted by atomic mass is 15.3. The number of anilines is 1. The number of nitrogens with zero attached hydrogens (tertiary/aromatic N) is 6. The quantitative estimate of drug-likeness (QED) is 0.441. The van der Waals surface area contributed by atoms with Crippen LogP contribution >= 0.6 is 0 Å². The van der Waals surface area contributed by atoms with Crippen LogP contribution in [0, 0.1) is 0 Å². The Morgan fingerprint density at radius 3 is 2.83 bits per heavy atom. The molecular weight excluding hydrogens is 304 g/mol. The smallest absolute Gasteiger partial charge is 0.182 e. The number of hydrogen-bond donors (Lipinski definition) is 2. The summed E-state index contributed by atoms with van der Waals surface area (Å²) < 4.78 is 0. The van der Waals surface area contributed by atoms with Crippen LogP contribution < -0.4 is 5.43 Å². The molecule has 2 N–H and O–H groups in total. The first-order chi connectivity index (χ1) is 11.9. The number of hydrazone groups is 1. The normalized spacial score (nSPS) is 11.6. The minimum absolute atomic E-state index is 0.537. The van der Waals surface area contributed by atoms with Crippen molar-refractivity contribution in [2.24, 2.45) is 5.10 Å². The number of rotatable bonds is 4. The minimum atomic E-state index is 0.537. The lowest BCUT2D eigenvalue weighted by Crippen LogP contribution is -2.09. The first-order valence-corrected chi connectivity index (χ1v) is 7.21. The van der Waals surface area contributed by atoms with Gasteiger partial charge < -0.3 is 4.98 Å². The van der Waals surface area contributed by atoms with E-state index in [9.17, 15) is 0 Å². The molecule has 0 aromatic carbocycles. The second-order valence-corrected chi connectivity index (χ2v) is 4.85. The number of hydrogen-bond acceptors (Lipinski definition) is 7. The molecule has 4 heterocycles. The summed E-state index contributed by atoms with van der Waals surface area (Å²) in [5, 5.41) is 4.49. The molecule has 0 bridgehead atoms. The van der Waals surface area contributed by atoms with Crippen molar-refractivity contribution in [1.82, 2.24) is 29.9 Å². The fourth-order valence-corrected chi connectivity index (χ4v) is 2.23. The van der Waals surface area contributed by atoms with Crippen LogP contribution in [0.5, 0.6) is 0 Å². The average Bonchev–Trinajstić information content (AvgIpc) is 3.13.